The molecule has 5 rings (SSSR count). The average molecular weight is 602 g/mol. The van der Waals surface area contributed by atoms with Crippen LogP contribution < -0.4 is 11.1 Å². The van der Waals surface area contributed by atoms with E-state index in [-0.39, 0.29) is 31.5 Å². The van der Waals surface area contributed by atoms with Crippen molar-refractivity contribution in [2.45, 2.75) is 31.9 Å². The van der Waals surface area contributed by atoms with Crippen molar-refractivity contribution in [1.82, 2.24) is 9.80 Å². The molecular weight excluding hydrogens is 562 g/mol. The highest BCUT2D eigenvalue weighted by Crippen LogP contribution is 2.23. The molecule has 1 unspecified atom stereocenters. The lowest BCUT2D eigenvalue weighted by Gasteiger charge is -2.30. The number of carbonyl (C=O) groups is 2. The van der Waals surface area contributed by atoms with Crippen LogP contribution in [0, 0.1) is 0 Å². The number of nitrogens with two attached hydrogens (primary N) is 1. The Balaban J connectivity index is 1.26. The van der Waals surface area contributed by atoms with Gasteiger partial charge in [0.2, 0.25) is 5.90 Å². The molecule has 0 saturated carbocycles. The van der Waals surface area contributed by atoms with Gasteiger partial charge in [-0.2, -0.15) is 4.99 Å². The molecule has 1 fully saturated rings. The number of carbonyl (C=O) groups excluding carboxylic acids is 2. The maximum absolute atomic E-state index is 13.5. The van der Waals surface area contributed by atoms with E-state index in [1.54, 1.807) is 54.8 Å². The van der Waals surface area contributed by atoms with Gasteiger partial charge >= 0.3 is 6.03 Å². The van der Waals surface area contributed by atoms with E-state index in [9.17, 15) is 14.7 Å². The fourth-order valence-corrected chi connectivity index (χ4v) is 5.14. The zero-order chi connectivity index (χ0) is 30.7. The normalized spacial score (nSPS) is 18.4. The summed E-state index contributed by atoms with van der Waals surface area (Å²) in [6.07, 6.45) is 9.48. The first-order valence-corrected chi connectivity index (χ1v) is 14.9. The molecule has 0 aromatic heterocycles. The first kappa shape index (κ1) is 31.0. The Labute approximate surface area is 257 Å². The van der Waals surface area contributed by atoms with Crippen LogP contribution in [0.4, 0.5) is 16.2 Å². The predicted octanol–water partition coefficient (Wildman–Crippen LogP) is 4.09. The third-order valence-corrected chi connectivity index (χ3v) is 7.47. The molecule has 1 saturated heterocycles. The van der Waals surface area contributed by atoms with Crippen molar-refractivity contribution in [2.75, 3.05) is 57.1 Å². The maximum Gasteiger partial charge on any atom is 0.347 e. The van der Waals surface area contributed by atoms with Crippen molar-refractivity contribution < 1.29 is 28.9 Å². The van der Waals surface area contributed by atoms with Gasteiger partial charge in [-0.1, -0.05) is 48.1 Å². The van der Waals surface area contributed by atoms with E-state index >= 15 is 0 Å². The van der Waals surface area contributed by atoms with E-state index < -0.39 is 12.1 Å². The summed E-state index contributed by atoms with van der Waals surface area (Å²) in [5, 5.41) is 13.8. The van der Waals surface area contributed by atoms with Crippen LogP contribution in [0.1, 0.15) is 35.2 Å². The molecule has 0 spiro atoms. The lowest BCUT2D eigenvalue weighted by atomic mass is 10.0. The third kappa shape index (κ3) is 9.03. The molecule has 44 heavy (non-hydrogen) atoms. The Morgan fingerprint density at radius 2 is 1.91 bits per heavy atom. The highest BCUT2D eigenvalue weighted by molar-refractivity contribution is 6.05. The van der Waals surface area contributed by atoms with Crippen LogP contribution in [0.5, 0.6) is 0 Å². The number of hydrogen-bond acceptors (Lipinski definition) is 8. The number of hydrogen-bond donors (Lipinski definition) is 3. The number of aliphatic hydroxyl groups excluding tert-OH is 1. The smallest absolute Gasteiger partial charge is 0.347 e. The first-order chi connectivity index (χ1) is 21.4. The van der Waals surface area contributed by atoms with Gasteiger partial charge in [0.1, 0.15) is 12.0 Å². The number of ether oxygens (including phenoxy) is 3. The summed E-state index contributed by atoms with van der Waals surface area (Å²) in [6, 6.07) is 13.4. The van der Waals surface area contributed by atoms with Crippen LogP contribution >= 0.6 is 0 Å². The quantitative estimate of drug-likeness (QED) is 0.346. The Kier molecular flexibility index (Phi) is 10.8. The number of para-hydroxylation sites is 2. The van der Waals surface area contributed by atoms with Gasteiger partial charge < -0.3 is 35.3 Å². The molecule has 2 aliphatic heterocycles. The molecule has 1 aliphatic carbocycles. The van der Waals surface area contributed by atoms with Gasteiger partial charge in [0, 0.05) is 38.2 Å². The zero-order valence-corrected chi connectivity index (χ0v) is 24.7. The molecule has 0 radical (unpaired) electrons. The number of rotatable bonds is 10. The van der Waals surface area contributed by atoms with Crippen LogP contribution in [0.2, 0.25) is 0 Å². The standard InChI is InChI=1S/C33H39N5O6/c34-29-8-4-5-9-30(29)35-32(40)26-12-10-25(11-13-26)19-38(21-27(39)20-37-14-16-42-17-15-37)33(41)36-31-23-43-22-28(44-31)18-24-6-2-1-3-7-24/h1-2,4-6,8-13,22,27,39H,3,7,14-21,23,34H2,(H,35,40). The fourth-order valence-electron chi connectivity index (χ4n) is 5.14. The maximum atomic E-state index is 13.5. The van der Waals surface area contributed by atoms with Crippen LogP contribution in [-0.4, -0.2) is 84.8 Å². The number of morpholine rings is 1. The van der Waals surface area contributed by atoms with E-state index in [0.717, 1.165) is 31.5 Å². The van der Waals surface area contributed by atoms with Crippen LogP contribution in [-0.2, 0) is 20.8 Å². The zero-order valence-electron chi connectivity index (χ0n) is 24.7. The van der Waals surface area contributed by atoms with Crippen molar-refractivity contribution >= 4 is 29.2 Å². The number of aliphatic hydroxyl groups is 1. The molecule has 3 amide bonds. The van der Waals surface area contributed by atoms with E-state index in [1.807, 2.05) is 6.08 Å². The summed E-state index contributed by atoms with van der Waals surface area (Å²) in [4.78, 5) is 34.1. The number of nitrogen functional groups attached to an aromatic ring is 1. The van der Waals surface area contributed by atoms with Crippen LogP contribution in [0.15, 0.2) is 89.3 Å². The summed E-state index contributed by atoms with van der Waals surface area (Å²) >= 11 is 0. The number of benzene rings is 2. The summed E-state index contributed by atoms with van der Waals surface area (Å²) < 4.78 is 16.9. The Bertz CT molecular complexity index is 1430. The second kappa shape index (κ2) is 15.3. The summed E-state index contributed by atoms with van der Waals surface area (Å²) in [5.74, 6) is 0.460. The predicted molar refractivity (Wildman–Crippen MR) is 168 cm³/mol. The van der Waals surface area contributed by atoms with Gasteiger partial charge in [0.15, 0.2) is 6.61 Å². The third-order valence-electron chi connectivity index (χ3n) is 7.47. The van der Waals surface area contributed by atoms with Crippen molar-refractivity contribution in [2.24, 2.45) is 4.99 Å². The second-order valence-electron chi connectivity index (χ2n) is 10.9. The average Bonchev–Trinajstić information content (AvgIpc) is 3.03. The largest absolute Gasteiger partial charge is 0.488 e. The van der Waals surface area contributed by atoms with Gasteiger partial charge in [-0.25, -0.2) is 4.79 Å². The first-order valence-electron chi connectivity index (χ1n) is 14.9. The molecular formula is C33H39N5O6. The van der Waals surface area contributed by atoms with E-state index in [4.69, 9.17) is 19.9 Å². The summed E-state index contributed by atoms with van der Waals surface area (Å²) in [5.41, 5.74) is 9.39. The van der Waals surface area contributed by atoms with E-state index in [2.05, 4.69) is 27.4 Å². The highest BCUT2D eigenvalue weighted by atomic mass is 16.6. The number of urea groups is 1. The minimum absolute atomic E-state index is 0.0358. The molecule has 3 aliphatic rings. The van der Waals surface area contributed by atoms with Crippen LogP contribution in [0.25, 0.3) is 0 Å². The van der Waals surface area contributed by atoms with Gasteiger partial charge in [-0.05, 0) is 42.7 Å². The molecule has 0 bridgehead atoms. The Morgan fingerprint density at radius 3 is 2.66 bits per heavy atom. The van der Waals surface area contributed by atoms with Crippen molar-refractivity contribution in [3.8, 4) is 0 Å². The van der Waals surface area contributed by atoms with Crippen molar-refractivity contribution in [1.29, 1.82) is 0 Å². The number of allylic oxidation sites excluding steroid dienone is 4. The molecule has 2 aromatic carbocycles. The minimum atomic E-state index is -0.802. The molecule has 1 atom stereocenters. The SMILES string of the molecule is Nc1ccccc1NC(=O)c1ccc(CN(CC(O)CN2CCOCC2)C(=O)N=C2COC=C(CC3=CC=CCC3)O2)cc1. The number of nitrogens with one attached hydrogen (secondary N) is 1. The minimum Gasteiger partial charge on any atom is -0.488 e. The molecule has 2 aromatic rings. The highest BCUT2D eigenvalue weighted by Gasteiger charge is 2.23. The number of aliphatic imine (C=N–C) groups is 1. The molecule has 2 heterocycles. The monoisotopic (exact) mass is 601 g/mol. The number of nitrogens with zero attached hydrogens (tertiary/aromatic N) is 3. The molecule has 4 N–H and O–H groups in total. The summed E-state index contributed by atoms with van der Waals surface area (Å²) in [7, 11) is 0. The Morgan fingerprint density at radius 1 is 1.11 bits per heavy atom. The van der Waals surface area contributed by atoms with Gasteiger partial charge in [-0.3, -0.25) is 9.69 Å². The number of β-amino-alcohol motifs (C(OH)–C–C–N with tert-alkyl or cyclic N) is 1. The van der Waals surface area contributed by atoms with Gasteiger partial charge in [0.25, 0.3) is 5.91 Å². The number of anilines is 2. The fraction of sp³-hybridized carbons (Fsp3) is 0.364. The van der Waals surface area contributed by atoms with Crippen LogP contribution in [0.3, 0.4) is 0 Å². The van der Waals surface area contributed by atoms with Gasteiger partial charge in [-0.15, -0.1) is 0 Å². The van der Waals surface area contributed by atoms with Crippen molar-refractivity contribution in [3.63, 3.8) is 0 Å². The van der Waals surface area contributed by atoms with Crippen molar-refractivity contribution in [3.05, 3.63) is 95.5 Å². The number of amides is 3. The topological polar surface area (TPSA) is 139 Å². The van der Waals surface area contributed by atoms with E-state index in [0.29, 0.717) is 48.9 Å². The second-order valence-corrected chi connectivity index (χ2v) is 10.9. The summed E-state index contributed by atoms with van der Waals surface area (Å²) in [6.45, 7) is 3.34. The molecule has 11 nitrogen and oxygen atoms in total. The lowest BCUT2D eigenvalue weighted by Crippen LogP contribution is -2.45. The van der Waals surface area contributed by atoms with E-state index in [1.165, 1.54) is 10.5 Å². The lowest BCUT2D eigenvalue weighted by molar-refractivity contribution is 0.00927. The Hall–Kier alpha value is -4.45. The van der Waals surface area contributed by atoms with Gasteiger partial charge in [0.05, 0.1) is 37.2 Å². The molecule has 11 heteroatoms. The molecule has 232 valence electrons.